The van der Waals surface area contributed by atoms with Crippen molar-refractivity contribution in [3.8, 4) is 17.1 Å². The summed E-state index contributed by atoms with van der Waals surface area (Å²) in [6, 6.07) is 25.7. The van der Waals surface area contributed by atoms with E-state index in [1.807, 2.05) is 65.2 Å². The van der Waals surface area contributed by atoms with E-state index in [0.29, 0.717) is 16.5 Å². The average molecular weight is 472 g/mol. The normalized spacial score (nSPS) is 13.9. The summed E-state index contributed by atoms with van der Waals surface area (Å²) < 4.78 is 1.88. The van der Waals surface area contributed by atoms with Crippen molar-refractivity contribution in [2.75, 3.05) is 0 Å². The number of hydrogen-bond donors (Lipinski definition) is 1. The van der Waals surface area contributed by atoms with Gasteiger partial charge in [0.15, 0.2) is 11.0 Å². The molecule has 3 aromatic carbocycles. The van der Waals surface area contributed by atoms with Gasteiger partial charge in [0.1, 0.15) is 5.25 Å². The van der Waals surface area contributed by atoms with Crippen molar-refractivity contribution in [2.45, 2.75) is 29.3 Å². The van der Waals surface area contributed by atoms with Crippen LogP contribution >= 0.6 is 11.8 Å². The van der Waals surface area contributed by atoms with Gasteiger partial charge in [0.05, 0.1) is 4.92 Å². The van der Waals surface area contributed by atoms with Crippen molar-refractivity contribution in [3.63, 3.8) is 0 Å². The molecular formula is C25H21N5O3S. The number of hydrogen-bond acceptors (Lipinski definition) is 6. The summed E-state index contributed by atoms with van der Waals surface area (Å²) in [5, 5.41) is 23.1. The zero-order valence-electron chi connectivity index (χ0n) is 18.1. The van der Waals surface area contributed by atoms with Gasteiger partial charge in [0, 0.05) is 29.4 Å². The molecule has 170 valence electrons. The Morgan fingerprint density at radius 2 is 1.62 bits per heavy atom. The minimum Gasteiger partial charge on any atom is -0.352 e. The van der Waals surface area contributed by atoms with Gasteiger partial charge in [-0.3, -0.25) is 19.5 Å². The first-order valence-electron chi connectivity index (χ1n) is 10.9. The summed E-state index contributed by atoms with van der Waals surface area (Å²) in [4.78, 5) is 23.8. The number of non-ortho nitro benzene ring substituents is 1. The van der Waals surface area contributed by atoms with E-state index in [1.165, 1.54) is 23.9 Å². The van der Waals surface area contributed by atoms with Gasteiger partial charge in [-0.2, -0.15) is 0 Å². The second kappa shape index (κ2) is 9.48. The Kier molecular flexibility index (Phi) is 6.09. The molecular weight excluding hydrogens is 450 g/mol. The van der Waals surface area contributed by atoms with Crippen LogP contribution in [0.2, 0.25) is 0 Å². The van der Waals surface area contributed by atoms with Crippen LogP contribution < -0.4 is 5.32 Å². The van der Waals surface area contributed by atoms with Gasteiger partial charge in [-0.1, -0.05) is 60.3 Å². The molecule has 1 aromatic heterocycles. The molecule has 0 spiro atoms. The lowest BCUT2D eigenvalue weighted by Crippen LogP contribution is -2.29. The molecule has 1 amide bonds. The molecule has 1 heterocycles. The number of rotatable bonds is 8. The Balaban J connectivity index is 1.56. The van der Waals surface area contributed by atoms with Crippen molar-refractivity contribution >= 4 is 23.4 Å². The summed E-state index contributed by atoms with van der Waals surface area (Å²) in [5.41, 5.74) is 2.40. The molecule has 1 aliphatic carbocycles. The summed E-state index contributed by atoms with van der Waals surface area (Å²) in [6.07, 6.45) is 2.00. The second-order valence-corrected chi connectivity index (χ2v) is 9.04. The van der Waals surface area contributed by atoms with Crippen LogP contribution in [-0.2, 0) is 4.79 Å². The van der Waals surface area contributed by atoms with Crippen LogP contribution in [0, 0.1) is 10.1 Å². The first kappa shape index (κ1) is 21.8. The van der Waals surface area contributed by atoms with E-state index in [9.17, 15) is 14.9 Å². The monoisotopic (exact) mass is 471 g/mol. The highest BCUT2D eigenvalue weighted by Crippen LogP contribution is 2.38. The van der Waals surface area contributed by atoms with Crippen molar-refractivity contribution in [1.29, 1.82) is 0 Å². The number of aromatic nitrogens is 3. The van der Waals surface area contributed by atoms with E-state index in [2.05, 4.69) is 15.5 Å². The highest BCUT2D eigenvalue weighted by Gasteiger charge is 2.31. The molecule has 0 bridgehead atoms. The van der Waals surface area contributed by atoms with E-state index >= 15 is 0 Å². The number of nitrogens with one attached hydrogen (secondary N) is 1. The number of nitro groups is 1. The molecule has 1 aliphatic rings. The highest BCUT2D eigenvalue weighted by molar-refractivity contribution is 8.00. The Morgan fingerprint density at radius 1 is 0.971 bits per heavy atom. The summed E-state index contributed by atoms with van der Waals surface area (Å²) >= 11 is 1.33. The topological polar surface area (TPSA) is 103 Å². The Hall–Kier alpha value is -3.98. The van der Waals surface area contributed by atoms with E-state index in [4.69, 9.17) is 0 Å². The molecule has 34 heavy (non-hydrogen) atoms. The van der Waals surface area contributed by atoms with Crippen LogP contribution in [0.4, 0.5) is 5.69 Å². The van der Waals surface area contributed by atoms with E-state index in [0.717, 1.165) is 24.1 Å². The molecule has 0 aliphatic heterocycles. The molecule has 9 heteroatoms. The summed E-state index contributed by atoms with van der Waals surface area (Å²) in [7, 11) is 0. The molecule has 4 aromatic rings. The molecule has 1 fully saturated rings. The van der Waals surface area contributed by atoms with Gasteiger partial charge < -0.3 is 5.32 Å². The highest BCUT2D eigenvalue weighted by atomic mass is 32.2. The summed E-state index contributed by atoms with van der Waals surface area (Å²) in [5.74, 6) is 0.483. The van der Waals surface area contributed by atoms with Crippen LogP contribution in [0.25, 0.3) is 17.1 Å². The first-order valence-corrected chi connectivity index (χ1v) is 11.8. The fraction of sp³-hybridized carbons (Fsp3) is 0.160. The third kappa shape index (κ3) is 4.69. The molecule has 1 atom stereocenters. The molecule has 5 rings (SSSR count). The zero-order valence-corrected chi connectivity index (χ0v) is 18.9. The fourth-order valence-electron chi connectivity index (χ4n) is 3.59. The Morgan fingerprint density at radius 3 is 2.24 bits per heavy atom. The van der Waals surface area contributed by atoms with Crippen LogP contribution in [0.3, 0.4) is 0 Å². The number of carbonyl (C=O) groups excluding carboxylic acids is 1. The van der Waals surface area contributed by atoms with Crippen molar-refractivity contribution in [1.82, 2.24) is 20.1 Å². The SMILES string of the molecule is O=C(NC1CC1)C(Sc1nnc(-c2ccc([N+](=O)[O-])cc2)n1-c1ccccc1)c1ccccc1. The number of thioether (sulfide) groups is 1. The first-order chi connectivity index (χ1) is 16.6. The molecule has 1 saturated carbocycles. The van der Waals surface area contributed by atoms with Gasteiger partial charge in [-0.15, -0.1) is 10.2 Å². The molecule has 1 N–H and O–H groups in total. The molecule has 0 saturated heterocycles. The molecule has 1 unspecified atom stereocenters. The molecule has 8 nitrogen and oxygen atoms in total. The third-order valence-electron chi connectivity index (χ3n) is 5.47. The van der Waals surface area contributed by atoms with Gasteiger partial charge in [0.2, 0.25) is 5.91 Å². The van der Waals surface area contributed by atoms with Gasteiger partial charge in [0.25, 0.3) is 5.69 Å². The maximum absolute atomic E-state index is 13.2. The minimum absolute atomic E-state index is 0.00464. The lowest BCUT2D eigenvalue weighted by atomic mass is 10.1. The maximum Gasteiger partial charge on any atom is 0.269 e. The number of benzene rings is 3. The molecule has 0 radical (unpaired) electrons. The van der Waals surface area contributed by atoms with Gasteiger partial charge in [-0.05, 0) is 42.7 Å². The van der Waals surface area contributed by atoms with Crippen molar-refractivity contribution in [3.05, 3.63) is 101 Å². The van der Waals surface area contributed by atoms with Gasteiger partial charge in [-0.25, -0.2) is 0 Å². The van der Waals surface area contributed by atoms with Crippen molar-refractivity contribution in [2.24, 2.45) is 0 Å². The van der Waals surface area contributed by atoms with E-state index < -0.39 is 10.2 Å². The quantitative estimate of drug-likeness (QED) is 0.221. The van der Waals surface area contributed by atoms with Crippen LogP contribution in [0.5, 0.6) is 0 Å². The Bertz CT molecular complexity index is 1310. The third-order valence-corrected chi connectivity index (χ3v) is 6.67. The van der Waals surface area contributed by atoms with Crippen LogP contribution in [0.1, 0.15) is 23.7 Å². The zero-order chi connectivity index (χ0) is 23.5. The number of para-hydroxylation sites is 1. The lowest BCUT2D eigenvalue weighted by Gasteiger charge is -2.17. The Labute approximate surface area is 200 Å². The largest absolute Gasteiger partial charge is 0.352 e. The minimum atomic E-state index is -0.502. The standard InChI is InChI=1S/C25H21N5O3S/c31-24(26-19-13-14-19)22(17-7-3-1-4-8-17)34-25-28-27-23(29(25)20-9-5-2-6-10-20)18-11-15-21(16-12-18)30(32)33/h1-12,15-16,19,22H,13-14H2,(H,26,31). The predicted molar refractivity (Wildman–Crippen MR) is 130 cm³/mol. The van der Waals surface area contributed by atoms with E-state index in [-0.39, 0.29) is 17.6 Å². The van der Waals surface area contributed by atoms with Crippen LogP contribution in [0.15, 0.2) is 90.1 Å². The summed E-state index contributed by atoms with van der Waals surface area (Å²) in [6.45, 7) is 0. The maximum atomic E-state index is 13.2. The van der Waals surface area contributed by atoms with Gasteiger partial charge >= 0.3 is 0 Å². The predicted octanol–water partition coefficient (Wildman–Crippen LogP) is 4.95. The fourth-order valence-corrected chi connectivity index (χ4v) is 4.65. The number of nitrogens with zero attached hydrogens (tertiary/aromatic N) is 4. The second-order valence-electron chi connectivity index (χ2n) is 7.97. The lowest BCUT2D eigenvalue weighted by molar-refractivity contribution is -0.384. The smallest absolute Gasteiger partial charge is 0.269 e. The van der Waals surface area contributed by atoms with E-state index in [1.54, 1.807) is 12.1 Å². The van der Waals surface area contributed by atoms with Crippen molar-refractivity contribution < 1.29 is 9.72 Å². The number of carbonyl (C=O) groups is 1. The number of amides is 1. The van der Waals surface area contributed by atoms with Crippen LogP contribution in [-0.4, -0.2) is 31.6 Å². The average Bonchev–Trinajstić information content (AvgIpc) is 3.59. The number of nitro benzene ring substituents is 1.